The average molecular weight is 465 g/mol. The smallest absolute Gasteiger partial charge is 0.267 e. The Morgan fingerprint density at radius 1 is 0.941 bits per heavy atom. The Kier molecular flexibility index (Phi) is 11.3. The van der Waals surface area contributed by atoms with Crippen LogP contribution in [-0.4, -0.2) is 35.7 Å². The molecule has 0 unspecified atom stereocenters. The van der Waals surface area contributed by atoms with Crippen molar-refractivity contribution in [3.05, 3.63) is 70.8 Å². The molecule has 1 aliphatic carbocycles. The summed E-state index contributed by atoms with van der Waals surface area (Å²) < 4.78 is 0. The molecule has 34 heavy (non-hydrogen) atoms. The van der Waals surface area contributed by atoms with Crippen molar-refractivity contribution in [3.63, 3.8) is 0 Å². The van der Waals surface area contributed by atoms with Crippen molar-refractivity contribution in [1.29, 1.82) is 0 Å². The first kappa shape index (κ1) is 27.1. The Balaban J connectivity index is 0.00000408. The van der Waals surface area contributed by atoms with Crippen LogP contribution in [-0.2, 0) is 11.3 Å². The lowest BCUT2D eigenvalue weighted by atomic mass is 10.1. The van der Waals surface area contributed by atoms with E-state index in [0.717, 1.165) is 17.7 Å². The fraction of sp³-hybridized carbons (Fsp3) is 0.407. The van der Waals surface area contributed by atoms with Crippen LogP contribution in [0.25, 0.3) is 0 Å². The van der Waals surface area contributed by atoms with Crippen molar-refractivity contribution < 1.29 is 14.8 Å². The molecule has 0 bridgehead atoms. The summed E-state index contributed by atoms with van der Waals surface area (Å²) >= 11 is 0. The number of hydroxylamine groups is 1. The van der Waals surface area contributed by atoms with Crippen molar-refractivity contribution in [2.45, 2.75) is 64.6 Å². The van der Waals surface area contributed by atoms with Crippen LogP contribution in [0, 0.1) is 11.8 Å². The molecular formula is C27H36N4O3. The van der Waals surface area contributed by atoms with E-state index in [1.807, 2.05) is 12.1 Å². The van der Waals surface area contributed by atoms with Gasteiger partial charge in [-0.05, 0) is 54.8 Å². The molecule has 7 heteroatoms. The van der Waals surface area contributed by atoms with Crippen molar-refractivity contribution in [1.82, 2.24) is 16.1 Å². The summed E-state index contributed by atoms with van der Waals surface area (Å²) in [6.07, 6.45) is 7.92. The molecule has 2 aromatic carbocycles. The van der Waals surface area contributed by atoms with Crippen LogP contribution in [0.2, 0.25) is 0 Å². The number of nitrogens with two attached hydrogens (primary N) is 1. The Morgan fingerprint density at radius 3 is 2.03 bits per heavy atom. The standard InChI is InChI=1S/C26H32N4O3.CH4/c27-17-24(26(32)30-33)29-25(31)22-15-13-20(14-16-22)8-7-19-9-11-21(12-10-19)18-28-23-5-3-1-2-4-6-23;/h9-16,23-24,28,33H,1-6,17-18,27H2,(H,29,31)(H,30,32);1H4/t24-;/m0./s1. The second kappa shape index (κ2) is 14.2. The van der Waals surface area contributed by atoms with Gasteiger partial charge in [-0.2, -0.15) is 0 Å². The lowest BCUT2D eigenvalue weighted by Gasteiger charge is -2.16. The highest BCUT2D eigenvalue weighted by Crippen LogP contribution is 2.17. The van der Waals surface area contributed by atoms with Crippen LogP contribution < -0.4 is 21.8 Å². The first-order valence-electron chi connectivity index (χ1n) is 11.5. The zero-order valence-electron chi connectivity index (χ0n) is 18.8. The maximum Gasteiger partial charge on any atom is 0.267 e. The van der Waals surface area contributed by atoms with Gasteiger partial charge in [-0.3, -0.25) is 14.8 Å². The van der Waals surface area contributed by atoms with E-state index in [0.29, 0.717) is 11.6 Å². The summed E-state index contributed by atoms with van der Waals surface area (Å²) in [7, 11) is 0. The molecule has 0 heterocycles. The highest BCUT2D eigenvalue weighted by molar-refractivity contribution is 5.97. The van der Waals surface area contributed by atoms with Gasteiger partial charge in [-0.25, -0.2) is 5.48 Å². The first-order chi connectivity index (χ1) is 16.1. The van der Waals surface area contributed by atoms with E-state index in [4.69, 9.17) is 10.9 Å². The third kappa shape index (κ3) is 8.31. The van der Waals surface area contributed by atoms with Gasteiger partial charge in [0.05, 0.1) is 0 Å². The van der Waals surface area contributed by atoms with Gasteiger partial charge in [-0.1, -0.05) is 57.1 Å². The predicted octanol–water partition coefficient (Wildman–Crippen LogP) is 3.10. The maximum absolute atomic E-state index is 12.3. The minimum absolute atomic E-state index is 0. The third-order valence-corrected chi connectivity index (χ3v) is 5.87. The molecule has 1 aliphatic rings. The zero-order valence-corrected chi connectivity index (χ0v) is 18.8. The van der Waals surface area contributed by atoms with E-state index in [-0.39, 0.29) is 14.0 Å². The molecule has 7 nitrogen and oxygen atoms in total. The summed E-state index contributed by atoms with van der Waals surface area (Å²) in [5, 5.41) is 14.8. The molecule has 2 aromatic rings. The SMILES string of the molecule is C.NC[C@H](NC(=O)c1ccc(C#Cc2ccc(CNC3CCCCCC3)cc2)cc1)C(=O)NO. The minimum atomic E-state index is -1.01. The molecular weight excluding hydrogens is 428 g/mol. The fourth-order valence-corrected chi connectivity index (χ4v) is 3.85. The molecule has 1 fully saturated rings. The van der Waals surface area contributed by atoms with Crippen molar-refractivity contribution >= 4 is 11.8 Å². The second-order valence-corrected chi connectivity index (χ2v) is 8.33. The molecule has 3 rings (SSSR count). The molecule has 0 aliphatic heterocycles. The van der Waals surface area contributed by atoms with Gasteiger partial charge in [0.25, 0.3) is 11.8 Å². The van der Waals surface area contributed by atoms with Gasteiger partial charge < -0.3 is 16.4 Å². The van der Waals surface area contributed by atoms with Crippen LogP contribution in [0.15, 0.2) is 48.5 Å². The molecule has 0 aromatic heterocycles. The molecule has 1 saturated carbocycles. The monoisotopic (exact) mass is 464 g/mol. The number of hydrogen-bond acceptors (Lipinski definition) is 5. The van der Waals surface area contributed by atoms with Crippen LogP contribution in [0.5, 0.6) is 0 Å². The normalized spacial score (nSPS) is 14.5. The molecule has 1 atom stereocenters. The second-order valence-electron chi connectivity index (χ2n) is 8.33. The Labute approximate surface area is 202 Å². The fourth-order valence-electron chi connectivity index (χ4n) is 3.85. The van der Waals surface area contributed by atoms with Crippen molar-refractivity contribution in [3.8, 4) is 11.8 Å². The summed E-state index contributed by atoms with van der Waals surface area (Å²) in [4.78, 5) is 23.7. The van der Waals surface area contributed by atoms with Gasteiger partial charge in [0.15, 0.2) is 0 Å². The highest BCUT2D eigenvalue weighted by atomic mass is 16.5. The van der Waals surface area contributed by atoms with E-state index in [1.54, 1.807) is 24.3 Å². The topological polar surface area (TPSA) is 116 Å². The van der Waals surface area contributed by atoms with Crippen LogP contribution in [0.4, 0.5) is 0 Å². The van der Waals surface area contributed by atoms with Gasteiger partial charge in [-0.15, -0.1) is 0 Å². The molecule has 0 radical (unpaired) electrons. The third-order valence-electron chi connectivity index (χ3n) is 5.87. The number of benzene rings is 2. The summed E-state index contributed by atoms with van der Waals surface area (Å²) in [5.74, 6) is 5.03. The predicted molar refractivity (Wildman–Crippen MR) is 134 cm³/mol. The van der Waals surface area contributed by atoms with Gasteiger partial charge in [0.1, 0.15) is 6.04 Å². The van der Waals surface area contributed by atoms with E-state index < -0.39 is 17.9 Å². The number of carbonyl (C=O) groups excluding carboxylic acids is 2. The Bertz CT molecular complexity index is 970. The summed E-state index contributed by atoms with van der Waals surface area (Å²) in [6, 6.07) is 14.6. The number of nitrogens with one attached hydrogen (secondary N) is 3. The molecule has 0 saturated heterocycles. The molecule has 182 valence electrons. The molecule has 0 spiro atoms. The van der Waals surface area contributed by atoms with E-state index in [1.165, 1.54) is 49.6 Å². The molecule has 6 N–H and O–H groups in total. The van der Waals surface area contributed by atoms with Crippen LogP contribution in [0.1, 0.15) is 73.0 Å². The largest absolute Gasteiger partial charge is 0.339 e. The number of hydrogen-bond donors (Lipinski definition) is 5. The van der Waals surface area contributed by atoms with Crippen LogP contribution >= 0.6 is 0 Å². The lowest BCUT2D eigenvalue weighted by molar-refractivity contribution is -0.130. The zero-order chi connectivity index (χ0) is 23.5. The lowest BCUT2D eigenvalue weighted by Crippen LogP contribution is -2.50. The Hall–Kier alpha value is -3.18. The number of carbonyl (C=O) groups is 2. The van der Waals surface area contributed by atoms with E-state index in [2.05, 4.69) is 34.6 Å². The van der Waals surface area contributed by atoms with Gasteiger partial charge >= 0.3 is 0 Å². The number of amides is 2. The van der Waals surface area contributed by atoms with Crippen LogP contribution in [0.3, 0.4) is 0 Å². The quantitative estimate of drug-likeness (QED) is 0.187. The van der Waals surface area contributed by atoms with E-state index in [9.17, 15) is 9.59 Å². The van der Waals surface area contributed by atoms with Gasteiger partial charge in [0, 0.05) is 35.8 Å². The minimum Gasteiger partial charge on any atom is -0.339 e. The maximum atomic E-state index is 12.3. The summed E-state index contributed by atoms with van der Waals surface area (Å²) in [6.45, 7) is 0.754. The number of rotatable bonds is 7. The Morgan fingerprint density at radius 2 is 1.50 bits per heavy atom. The summed E-state index contributed by atoms with van der Waals surface area (Å²) in [5.41, 5.74) is 10.3. The average Bonchev–Trinajstić information content (AvgIpc) is 3.14. The van der Waals surface area contributed by atoms with Crippen molar-refractivity contribution in [2.24, 2.45) is 5.73 Å². The first-order valence-corrected chi connectivity index (χ1v) is 11.5. The highest BCUT2D eigenvalue weighted by Gasteiger charge is 2.19. The van der Waals surface area contributed by atoms with E-state index >= 15 is 0 Å². The van der Waals surface area contributed by atoms with Crippen molar-refractivity contribution in [2.75, 3.05) is 6.54 Å². The molecule has 2 amide bonds. The van der Waals surface area contributed by atoms with Gasteiger partial charge in [0.2, 0.25) is 0 Å².